The minimum Gasteiger partial charge on any atom is -0.496 e. The molecule has 2 nitrogen and oxygen atoms in total. The maximum absolute atomic E-state index is 5.74. The molecule has 0 spiro atoms. The molecule has 1 aromatic heterocycles. The van der Waals surface area contributed by atoms with Crippen LogP contribution in [0.5, 0.6) is 5.75 Å². The maximum Gasteiger partial charge on any atom is 0.126 e. The molecule has 1 saturated carbocycles. The van der Waals surface area contributed by atoms with E-state index in [1.807, 2.05) is 0 Å². The van der Waals surface area contributed by atoms with Crippen LogP contribution in [0, 0.1) is 0 Å². The Hall–Kier alpha value is -1.83. The molecule has 1 aliphatic rings. The second-order valence-electron chi connectivity index (χ2n) is 9.09. The molecule has 0 bridgehead atoms. The first kappa shape index (κ1) is 18.9. The SMILES string of the molecule is CCC1(c2ccc(OC)c(-c3ccc(C(C)C)nc3C(C)(C)C)c2)CC1. The summed E-state index contributed by atoms with van der Waals surface area (Å²) >= 11 is 0. The largest absolute Gasteiger partial charge is 0.496 e. The van der Waals surface area contributed by atoms with Crippen molar-refractivity contribution in [3.63, 3.8) is 0 Å². The zero-order chi connectivity index (χ0) is 19.1. The highest BCUT2D eigenvalue weighted by Crippen LogP contribution is 2.52. The highest BCUT2D eigenvalue weighted by molar-refractivity contribution is 5.74. The van der Waals surface area contributed by atoms with Crippen LogP contribution in [-0.4, -0.2) is 12.1 Å². The zero-order valence-electron chi connectivity index (χ0n) is 17.4. The second-order valence-corrected chi connectivity index (χ2v) is 9.09. The van der Waals surface area contributed by atoms with Gasteiger partial charge >= 0.3 is 0 Å². The molecular weight excluding hydrogens is 318 g/mol. The van der Waals surface area contributed by atoms with Gasteiger partial charge in [0.05, 0.1) is 12.8 Å². The first-order valence-electron chi connectivity index (χ1n) is 9.92. The van der Waals surface area contributed by atoms with E-state index in [2.05, 4.69) is 71.9 Å². The Morgan fingerprint density at radius 2 is 1.77 bits per heavy atom. The molecule has 140 valence electrons. The molecular formula is C24H33NO. The van der Waals surface area contributed by atoms with Gasteiger partial charge in [-0.25, -0.2) is 0 Å². The number of pyridine rings is 1. The minimum atomic E-state index is -0.0245. The lowest BCUT2D eigenvalue weighted by Gasteiger charge is -2.25. The third kappa shape index (κ3) is 3.39. The predicted molar refractivity (Wildman–Crippen MR) is 110 cm³/mol. The van der Waals surface area contributed by atoms with E-state index in [0.29, 0.717) is 11.3 Å². The van der Waals surface area contributed by atoms with E-state index in [-0.39, 0.29) is 5.41 Å². The van der Waals surface area contributed by atoms with E-state index in [9.17, 15) is 0 Å². The van der Waals surface area contributed by atoms with Crippen molar-refractivity contribution in [3.8, 4) is 16.9 Å². The van der Waals surface area contributed by atoms with E-state index in [4.69, 9.17) is 9.72 Å². The van der Waals surface area contributed by atoms with Gasteiger partial charge in [-0.05, 0) is 54.4 Å². The molecule has 26 heavy (non-hydrogen) atoms. The number of rotatable bonds is 5. The van der Waals surface area contributed by atoms with E-state index in [1.54, 1.807) is 7.11 Å². The average molecular weight is 352 g/mol. The Kier molecular flexibility index (Phi) is 4.90. The summed E-state index contributed by atoms with van der Waals surface area (Å²) in [6.45, 7) is 13.4. The number of aromatic nitrogens is 1. The quantitative estimate of drug-likeness (QED) is 0.604. The topological polar surface area (TPSA) is 22.1 Å². The molecule has 0 aliphatic heterocycles. The molecule has 0 atom stereocenters. The molecule has 0 radical (unpaired) electrons. The van der Waals surface area contributed by atoms with Gasteiger partial charge in [0.15, 0.2) is 0 Å². The summed E-state index contributed by atoms with van der Waals surface area (Å²) in [5.74, 6) is 1.36. The molecule has 2 heteroatoms. The van der Waals surface area contributed by atoms with Gasteiger partial charge in [-0.1, -0.05) is 53.7 Å². The number of nitrogens with zero attached hydrogens (tertiary/aromatic N) is 1. The van der Waals surface area contributed by atoms with Crippen LogP contribution >= 0.6 is 0 Å². The minimum absolute atomic E-state index is 0.0245. The van der Waals surface area contributed by atoms with E-state index in [1.165, 1.54) is 36.0 Å². The van der Waals surface area contributed by atoms with Crippen molar-refractivity contribution < 1.29 is 4.74 Å². The van der Waals surface area contributed by atoms with Gasteiger partial charge in [0.1, 0.15) is 5.75 Å². The second kappa shape index (κ2) is 6.72. The summed E-state index contributed by atoms with van der Waals surface area (Å²) < 4.78 is 5.74. The van der Waals surface area contributed by atoms with Crippen molar-refractivity contribution in [2.24, 2.45) is 0 Å². The summed E-state index contributed by atoms with van der Waals surface area (Å²) in [4.78, 5) is 5.07. The van der Waals surface area contributed by atoms with Crippen molar-refractivity contribution in [2.75, 3.05) is 7.11 Å². The number of hydrogen-bond acceptors (Lipinski definition) is 2. The summed E-state index contributed by atoms with van der Waals surface area (Å²) in [6.07, 6.45) is 3.80. The molecule has 3 rings (SSSR count). The van der Waals surface area contributed by atoms with Gasteiger partial charge in [-0.15, -0.1) is 0 Å². The molecule has 0 N–H and O–H groups in total. The molecule has 2 aromatic rings. The van der Waals surface area contributed by atoms with Crippen molar-refractivity contribution in [1.82, 2.24) is 4.98 Å². The van der Waals surface area contributed by atoms with Crippen molar-refractivity contribution in [2.45, 2.75) is 77.6 Å². The first-order valence-corrected chi connectivity index (χ1v) is 9.92. The molecule has 1 heterocycles. The third-order valence-electron chi connectivity index (χ3n) is 5.85. The Morgan fingerprint density at radius 3 is 2.27 bits per heavy atom. The van der Waals surface area contributed by atoms with Crippen LogP contribution in [0.1, 0.15) is 83.7 Å². The van der Waals surface area contributed by atoms with Gasteiger partial charge in [0.25, 0.3) is 0 Å². The fourth-order valence-corrected chi connectivity index (χ4v) is 3.83. The van der Waals surface area contributed by atoms with Gasteiger partial charge < -0.3 is 4.74 Å². The lowest BCUT2D eigenvalue weighted by molar-refractivity contribution is 0.416. The smallest absolute Gasteiger partial charge is 0.126 e. The fraction of sp³-hybridized carbons (Fsp3) is 0.542. The van der Waals surface area contributed by atoms with Gasteiger partial charge in [0, 0.05) is 22.2 Å². The summed E-state index contributed by atoms with van der Waals surface area (Å²) in [6, 6.07) is 11.2. The van der Waals surface area contributed by atoms with Crippen LogP contribution in [0.2, 0.25) is 0 Å². The van der Waals surface area contributed by atoms with Gasteiger partial charge in [0.2, 0.25) is 0 Å². The molecule has 0 amide bonds. The lowest BCUT2D eigenvalue weighted by atomic mass is 9.83. The molecule has 1 fully saturated rings. The van der Waals surface area contributed by atoms with Crippen LogP contribution < -0.4 is 4.74 Å². The number of benzene rings is 1. The van der Waals surface area contributed by atoms with Crippen LogP contribution in [0.15, 0.2) is 30.3 Å². The van der Waals surface area contributed by atoms with Crippen molar-refractivity contribution in [1.29, 1.82) is 0 Å². The summed E-state index contributed by atoms with van der Waals surface area (Å²) in [5, 5.41) is 0. The van der Waals surface area contributed by atoms with Gasteiger partial charge in [-0.3, -0.25) is 4.98 Å². The van der Waals surface area contributed by atoms with E-state index < -0.39 is 0 Å². The van der Waals surface area contributed by atoms with E-state index in [0.717, 1.165) is 17.1 Å². The molecule has 0 unspecified atom stereocenters. The Balaban J connectivity index is 2.20. The normalized spacial score (nSPS) is 16.0. The Morgan fingerprint density at radius 1 is 1.08 bits per heavy atom. The average Bonchev–Trinajstić information content (AvgIpc) is 3.41. The van der Waals surface area contributed by atoms with Crippen LogP contribution in [-0.2, 0) is 10.8 Å². The first-order chi connectivity index (χ1) is 12.2. The molecule has 0 saturated heterocycles. The highest BCUT2D eigenvalue weighted by atomic mass is 16.5. The molecule has 1 aromatic carbocycles. The highest BCUT2D eigenvalue weighted by Gasteiger charge is 2.42. The summed E-state index contributed by atoms with van der Waals surface area (Å²) in [7, 11) is 1.76. The van der Waals surface area contributed by atoms with Crippen LogP contribution in [0.4, 0.5) is 0 Å². The standard InChI is InChI=1S/C24H33NO/c1-8-24(13-14-24)17-9-12-21(26-7)19(15-17)18-10-11-20(16(2)3)25-22(18)23(4,5)6/h9-12,15-16H,8,13-14H2,1-7H3. The fourth-order valence-electron chi connectivity index (χ4n) is 3.83. The third-order valence-corrected chi connectivity index (χ3v) is 5.85. The molecule has 1 aliphatic carbocycles. The van der Waals surface area contributed by atoms with E-state index >= 15 is 0 Å². The van der Waals surface area contributed by atoms with Crippen molar-refractivity contribution in [3.05, 3.63) is 47.3 Å². The predicted octanol–water partition coefficient (Wildman–Crippen LogP) is 6.62. The lowest BCUT2D eigenvalue weighted by Crippen LogP contribution is -2.17. The zero-order valence-corrected chi connectivity index (χ0v) is 17.4. The van der Waals surface area contributed by atoms with Crippen molar-refractivity contribution >= 4 is 0 Å². The maximum atomic E-state index is 5.74. The van der Waals surface area contributed by atoms with Gasteiger partial charge in [-0.2, -0.15) is 0 Å². The summed E-state index contributed by atoms with van der Waals surface area (Å²) in [5.41, 5.74) is 6.49. The van der Waals surface area contributed by atoms with Crippen LogP contribution in [0.25, 0.3) is 11.1 Å². The Bertz CT molecular complexity index is 794. The number of hydrogen-bond donors (Lipinski definition) is 0. The number of ether oxygens (including phenoxy) is 1. The Labute approximate surface area is 159 Å². The monoisotopic (exact) mass is 351 g/mol. The number of methoxy groups -OCH3 is 1. The van der Waals surface area contributed by atoms with Crippen LogP contribution in [0.3, 0.4) is 0 Å².